The lowest BCUT2D eigenvalue weighted by Gasteiger charge is -2.22. The maximum absolute atomic E-state index is 12.7. The summed E-state index contributed by atoms with van der Waals surface area (Å²) in [5, 5.41) is 4.28. The van der Waals surface area contributed by atoms with E-state index in [0.29, 0.717) is 18.8 Å². The van der Waals surface area contributed by atoms with Crippen LogP contribution in [0.25, 0.3) is 0 Å². The van der Waals surface area contributed by atoms with Crippen molar-refractivity contribution in [1.29, 1.82) is 0 Å². The molecule has 0 aliphatic carbocycles. The number of nitrogens with zero attached hydrogens (tertiary/aromatic N) is 3. The number of Topliss-reactive ketones (excluding diaryl/α,β-unsaturated/α-hetero) is 1. The molecule has 0 aromatic carbocycles. The summed E-state index contributed by atoms with van der Waals surface area (Å²) in [5.74, 6) is 0.0214. The van der Waals surface area contributed by atoms with E-state index < -0.39 is 5.60 Å². The minimum atomic E-state index is -0.696. The molecule has 2 heterocycles. The number of ketones is 1. The largest absolute Gasteiger partial charge is 0.367 e. The second-order valence-corrected chi connectivity index (χ2v) is 6.23. The number of hydrogen-bond donors (Lipinski definition) is 0. The van der Waals surface area contributed by atoms with Crippen molar-refractivity contribution in [3.8, 4) is 0 Å². The summed E-state index contributed by atoms with van der Waals surface area (Å²) in [6.45, 7) is 4.06. The Morgan fingerprint density at radius 2 is 2.37 bits per heavy atom. The molecular weight excluding hydrogens is 310 g/mol. The van der Waals surface area contributed by atoms with E-state index in [1.165, 1.54) is 0 Å². The van der Waals surface area contributed by atoms with Gasteiger partial charge in [0.25, 0.3) is 0 Å². The van der Waals surface area contributed by atoms with Crippen molar-refractivity contribution >= 4 is 21.7 Å². The Bertz CT molecular complexity index is 464. The molecule has 0 amide bonds. The van der Waals surface area contributed by atoms with Gasteiger partial charge in [0.05, 0.1) is 17.2 Å². The van der Waals surface area contributed by atoms with Gasteiger partial charge < -0.3 is 9.64 Å². The van der Waals surface area contributed by atoms with Crippen molar-refractivity contribution in [2.24, 2.45) is 0 Å². The van der Waals surface area contributed by atoms with Crippen LogP contribution in [0.3, 0.4) is 0 Å². The topological polar surface area (TPSA) is 47.4 Å². The van der Waals surface area contributed by atoms with Gasteiger partial charge in [0, 0.05) is 13.2 Å². The molecule has 19 heavy (non-hydrogen) atoms. The molecule has 1 aliphatic heterocycles. The molecule has 0 bridgehead atoms. The van der Waals surface area contributed by atoms with Crippen LogP contribution in [0.1, 0.15) is 30.3 Å². The van der Waals surface area contributed by atoms with Crippen molar-refractivity contribution in [2.75, 3.05) is 27.2 Å². The summed E-state index contributed by atoms with van der Waals surface area (Å²) in [7, 11) is 4.00. The Morgan fingerprint density at radius 3 is 2.95 bits per heavy atom. The van der Waals surface area contributed by atoms with Gasteiger partial charge in [-0.2, -0.15) is 5.10 Å². The standard InChI is InChI=1S/C13H20BrN3O2/c1-13(5-4-8-19-13)12(18)11-10(14)9-15-17(11)7-6-16(2)3/h9H,4-8H2,1-3H3. The van der Waals surface area contributed by atoms with Crippen LogP contribution in [0.2, 0.25) is 0 Å². The number of hydrogen-bond acceptors (Lipinski definition) is 4. The molecule has 0 saturated carbocycles. The molecule has 2 rings (SSSR count). The van der Waals surface area contributed by atoms with Gasteiger partial charge in [-0.3, -0.25) is 9.48 Å². The highest BCUT2D eigenvalue weighted by atomic mass is 79.9. The predicted octanol–water partition coefficient (Wildman–Crippen LogP) is 1.96. The number of halogens is 1. The molecule has 1 fully saturated rings. The zero-order valence-corrected chi connectivity index (χ0v) is 13.2. The van der Waals surface area contributed by atoms with Crippen molar-refractivity contribution < 1.29 is 9.53 Å². The number of aromatic nitrogens is 2. The van der Waals surface area contributed by atoms with Gasteiger partial charge in [0.1, 0.15) is 11.3 Å². The molecule has 1 aliphatic rings. The molecule has 5 nitrogen and oxygen atoms in total. The maximum atomic E-state index is 12.7. The summed E-state index contributed by atoms with van der Waals surface area (Å²) < 4.78 is 8.15. The predicted molar refractivity (Wildman–Crippen MR) is 76.4 cm³/mol. The van der Waals surface area contributed by atoms with E-state index in [9.17, 15) is 4.79 Å². The number of rotatable bonds is 5. The average molecular weight is 330 g/mol. The minimum Gasteiger partial charge on any atom is -0.367 e. The van der Waals surface area contributed by atoms with Crippen LogP contribution in [-0.2, 0) is 11.3 Å². The Kier molecular flexibility index (Phi) is 4.43. The van der Waals surface area contributed by atoms with E-state index in [2.05, 4.69) is 25.9 Å². The normalized spacial score (nSPS) is 23.2. The highest BCUT2D eigenvalue weighted by Gasteiger charge is 2.40. The average Bonchev–Trinajstić information content (AvgIpc) is 2.93. The monoisotopic (exact) mass is 329 g/mol. The molecule has 106 valence electrons. The molecular formula is C13H20BrN3O2. The Morgan fingerprint density at radius 1 is 1.63 bits per heavy atom. The fourth-order valence-electron chi connectivity index (χ4n) is 2.26. The van der Waals surface area contributed by atoms with E-state index in [0.717, 1.165) is 23.9 Å². The lowest BCUT2D eigenvalue weighted by atomic mass is 9.95. The summed E-state index contributed by atoms with van der Waals surface area (Å²) in [6, 6.07) is 0. The first-order valence-electron chi connectivity index (χ1n) is 6.49. The van der Waals surface area contributed by atoms with Crippen LogP contribution < -0.4 is 0 Å². The quantitative estimate of drug-likeness (QED) is 0.775. The minimum absolute atomic E-state index is 0.0214. The van der Waals surface area contributed by atoms with Crippen molar-refractivity contribution in [3.05, 3.63) is 16.4 Å². The molecule has 6 heteroatoms. The summed E-state index contributed by atoms with van der Waals surface area (Å²) in [5.41, 5.74) is -0.0791. The van der Waals surface area contributed by atoms with E-state index in [-0.39, 0.29) is 5.78 Å². The lowest BCUT2D eigenvalue weighted by molar-refractivity contribution is 0.0203. The first kappa shape index (κ1) is 14.7. The first-order valence-corrected chi connectivity index (χ1v) is 7.28. The van der Waals surface area contributed by atoms with Crippen LogP contribution in [0.15, 0.2) is 10.7 Å². The third-order valence-corrected chi connectivity index (χ3v) is 4.05. The fourth-order valence-corrected chi connectivity index (χ4v) is 2.74. The van der Waals surface area contributed by atoms with Crippen LogP contribution >= 0.6 is 15.9 Å². The van der Waals surface area contributed by atoms with Gasteiger partial charge in [0.15, 0.2) is 0 Å². The van der Waals surface area contributed by atoms with Gasteiger partial charge >= 0.3 is 0 Å². The van der Waals surface area contributed by atoms with Crippen molar-refractivity contribution in [3.63, 3.8) is 0 Å². The Balaban J connectivity index is 2.23. The van der Waals surface area contributed by atoms with Crippen LogP contribution in [0.5, 0.6) is 0 Å². The van der Waals surface area contributed by atoms with Gasteiger partial charge in [-0.25, -0.2) is 0 Å². The van der Waals surface area contributed by atoms with E-state index in [1.54, 1.807) is 10.9 Å². The zero-order chi connectivity index (χ0) is 14.0. The van der Waals surface area contributed by atoms with Crippen LogP contribution in [0, 0.1) is 0 Å². The number of likely N-dealkylation sites (N-methyl/N-ethyl adjacent to an activating group) is 1. The number of carbonyl (C=O) groups is 1. The number of carbonyl (C=O) groups excluding carboxylic acids is 1. The fraction of sp³-hybridized carbons (Fsp3) is 0.692. The smallest absolute Gasteiger partial charge is 0.213 e. The molecule has 1 aromatic heterocycles. The molecule has 0 radical (unpaired) electrons. The molecule has 0 N–H and O–H groups in total. The van der Waals surface area contributed by atoms with E-state index in [1.807, 2.05) is 21.0 Å². The van der Waals surface area contributed by atoms with Gasteiger partial charge in [-0.15, -0.1) is 0 Å². The molecule has 1 saturated heterocycles. The third kappa shape index (κ3) is 3.07. The van der Waals surface area contributed by atoms with Gasteiger partial charge in [0.2, 0.25) is 5.78 Å². The summed E-state index contributed by atoms with van der Waals surface area (Å²) >= 11 is 3.42. The van der Waals surface area contributed by atoms with Crippen molar-refractivity contribution in [2.45, 2.75) is 31.9 Å². The van der Waals surface area contributed by atoms with Crippen molar-refractivity contribution in [1.82, 2.24) is 14.7 Å². The van der Waals surface area contributed by atoms with Crippen LogP contribution in [-0.4, -0.2) is 53.3 Å². The van der Waals surface area contributed by atoms with Crippen LogP contribution in [0.4, 0.5) is 0 Å². The SMILES string of the molecule is CN(C)CCn1ncc(Br)c1C(=O)C1(C)CCCO1. The second kappa shape index (κ2) is 5.73. The Labute approximate surface area is 122 Å². The molecule has 1 unspecified atom stereocenters. The Hall–Kier alpha value is -0.720. The van der Waals surface area contributed by atoms with Gasteiger partial charge in [-0.05, 0) is 49.8 Å². The first-order chi connectivity index (χ1) is 8.94. The zero-order valence-electron chi connectivity index (χ0n) is 11.6. The third-order valence-electron chi connectivity index (χ3n) is 3.47. The second-order valence-electron chi connectivity index (χ2n) is 5.38. The van der Waals surface area contributed by atoms with E-state index >= 15 is 0 Å². The molecule has 0 spiro atoms. The highest BCUT2D eigenvalue weighted by molar-refractivity contribution is 9.10. The number of ether oxygens (including phenoxy) is 1. The van der Waals surface area contributed by atoms with E-state index in [4.69, 9.17) is 4.74 Å². The summed E-state index contributed by atoms with van der Waals surface area (Å²) in [4.78, 5) is 14.8. The molecule has 1 atom stereocenters. The summed E-state index contributed by atoms with van der Waals surface area (Å²) in [6.07, 6.45) is 3.39. The molecule has 1 aromatic rings. The highest BCUT2D eigenvalue weighted by Crippen LogP contribution is 2.31. The lowest BCUT2D eigenvalue weighted by Crippen LogP contribution is -2.36. The van der Waals surface area contributed by atoms with Gasteiger partial charge in [-0.1, -0.05) is 0 Å². The maximum Gasteiger partial charge on any atom is 0.213 e.